The predicted molar refractivity (Wildman–Crippen MR) is 75.5 cm³/mol. The third-order valence-corrected chi connectivity index (χ3v) is 2.79. The van der Waals surface area contributed by atoms with Crippen molar-refractivity contribution < 1.29 is 4.42 Å². The highest BCUT2D eigenvalue weighted by Gasteiger charge is 2.11. The Hall–Kier alpha value is -1.94. The molecule has 0 atom stereocenters. The van der Waals surface area contributed by atoms with Crippen molar-refractivity contribution in [2.24, 2.45) is 0 Å². The lowest BCUT2D eigenvalue weighted by molar-refractivity contribution is 0.271. The van der Waals surface area contributed by atoms with Crippen LogP contribution in [0.15, 0.2) is 46.9 Å². The van der Waals surface area contributed by atoms with Crippen LogP contribution in [0.5, 0.6) is 0 Å². The van der Waals surface area contributed by atoms with Gasteiger partial charge in [0.1, 0.15) is 0 Å². The normalized spacial score (nSPS) is 10.9. The molecule has 2 aromatic rings. The average Bonchev–Trinajstić information content (AvgIpc) is 2.87. The first-order chi connectivity index (χ1) is 9.19. The summed E-state index contributed by atoms with van der Waals surface area (Å²) in [6.07, 6.45) is 0. The van der Waals surface area contributed by atoms with Gasteiger partial charge in [0.25, 0.3) is 0 Å². The van der Waals surface area contributed by atoms with Crippen molar-refractivity contribution in [1.29, 1.82) is 0 Å². The summed E-state index contributed by atoms with van der Waals surface area (Å²) in [5.41, 5.74) is 2.08. The van der Waals surface area contributed by atoms with E-state index >= 15 is 0 Å². The second kappa shape index (κ2) is 6.29. The first-order valence-corrected chi connectivity index (χ1v) is 6.43. The van der Waals surface area contributed by atoms with Gasteiger partial charge in [-0.2, -0.15) is 0 Å². The Bertz CT molecular complexity index is 533. The largest absolute Gasteiger partial charge is 0.419 e. The highest BCUT2D eigenvalue weighted by atomic mass is 16.4. The minimum Gasteiger partial charge on any atom is -0.419 e. The zero-order chi connectivity index (χ0) is 13.7. The fourth-order valence-corrected chi connectivity index (χ4v) is 1.87. The zero-order valence-corrected chi connectivity index (χ0v) is 11.5. The molecule has 0 aliphatic heterocycles. The van der Waals surface area contributed by atoms with E-state index in [4.69, 9.17) is 4.42 Å². The molecule has 1 aromatic heterocycles. The predicted octanol–water partition coefficient (Wildman–Crippen LogP) is 3.13. The number of hydrogen-bond acceptors (Lipinski definition) is 4. The van der Waals surface area contributed by atoms with Crippen molar-refractivity contribution in [3.63, 3.8) is 0 Å². The molecule has 0 N–H and O–H groups in total. The summed E-state index contributed by atoms with van der Waals surface area (Å²) in [6.45, 7) is 10.5. The molecule has 0 saturated carbocycles. The van der Waals surface area contributed by atoms with Crippen LogP contribution in [-0.2, 0) is 6.54 Å². The fourth-order valence-electron chi connectivity index (χ4n) is 1.87. The van der Waals surface area contributed by atoms with Crippen molar-refractivity contribution in [3.05, 3.63) is 48.4 Å². The minimum atomic E-state index is 0.571. The van der Waals surface area contributed by atoms with Gasteiger partial charge in [0.2, 0.25) is 11.8 Å². The molecule has 0 fully saturated rings. The molecule has 4 nitrogen and oxygen atoms in total. The van der Waals surface area contributed by atoms with E-state index < -0.39 is 0 Å². The van der Waals surface area contributed by atoms with E-state index in [2.05, 4.69) is 28.6 Å². The van der Waals surface area contributed by atoms with Crippen LogP contribution in [0.1, 0.15) is 19.7 Å². The van der Waals surface area contributed by atoms with Crippen LogP contribution in [0.3, 0.4) is 0 Å². The van der Waals surface area contributed by atoms with Gasteiger partial charge in [-0.15, -0.1) is 10.2 Å². The number of benzene rings is 1. The SMILES string of the molecule is C=C(C)CN(CC)Cc1nnc(-c2ccccc2)o1. The van der Waals surface area contributed by atoms with Gasteiger partial charge in [-0.3, -0.25) is 4.90 Å². The van der Waals surface area contributed by atoms with E-state index in [1.54, 1.807) is 0 Å². The summed E-state index contributed by atoms with van der Waals surface area (Å²) in [5, 5.41) is 8.19. The highest BCUT2D eigenvalue weighted by molar-refractivity contribution is 5.51. The van der Waals surface area contributed by atoms with Gasteiger partial charge in [0.05, 0.1) is 6.54 Å². The quantitative estimate of drug-likeness (QED) is 0.746. The fraction of sp³-hybridized carbons (Fsp3) is 0.333. The van der Waals surface area contributed by atoms with E-state index in [0.29, 0.717) is 18.3 Å². The molecule has 0 radical (unpaired) electrons. The topological polar surface area (TPSA) is 42.2 Å². The Balaban J connectivity index is 2.07. The minimum absolute atomic E-state index is 0.571. The van der Waals surface area contributed by atoms with Crippen LogP contribution >= 0.6 is 0 Å². The maximum Gasteiger partial charge on any atom is 0.247 e. The number of aromatic nitrogens is 2. The molecule has 0 aliphatic rings. The monoisotopic (exact) mass is 257 g/mol. The maximum atomic E-state index is 5.69. The molecule has 0 saturated heterocycles. The van der Waals surface area contributed by atoms with Crippen LogP contribution < -0.4 is 0 Å². The first-order valence-electron chi connectivity index (χ1n) is 6.43. The molecule has 100 valence electrons. The van der Waals surface area contributed by atoms with Crippen LogP contribution in [0.25, 0.3) is 11.5 Å². The summed E-state index contributed by atoms with van der Waals surface area (Å²) in [4.78, 5) is 2.21. The molecule has 0 bridgehead atoms. The van der Waals surface area contributed by atoms with E-state index in [9.17, 15) is 0 Å². The van der Waals surface area contributed by atoms with Gasteiger partial charge < -0.3 is 4.42 Å². The molecule has 19 heavy (non-hydrogen) atoms. The number of hydrogen-bond donors (Lipinski definition) is 0. The lowest BCUT2D eigenvalue weighted by atomic mass is 10.2. The second-order valence-electron chi connectivity index (χ2n) is 4.63. The molecular weight excluding hydrogens is 238 g/mol. The van der Waals surface area contributed by atoms with Gasteiger partial charge >= 0.3 is 0 Å². The Morgan fingerprint density at radius 1 is 1.26 bits per heavy atom. The molecular formula is C15H19N3O. The lowest BCUT2D eigenvalue weighted by Crippen LogP contribution is -2.24. The second-order valence-corrected chi connectivity index (χ2v) is 4.63. The maximum absolute atomic E-state index is 5.69. The van der Waals surface area contributed by atoms with Crippen molar-refractivity contribution in [3.8, 4) is 11.5 Å². The van der Waals surface area contributed by atoms with E-state index in [1.807, 2.05) is 37.3 Å². The van der Waals surface area contributed by atoms with Gasteiger partial charge in [-0.05, 0) is 25.6 Å². The van der Waals surface area contributed by atoms with Gasteiger partial charge in [-0.25, -0.2) is 0 Å². The standard InChI is InChI=1S/C15H19N3O/c1-4-18(10-12(2)3)11-14-16-17-15(19-14)13-8-6-5-7-9-13/h5-9H,2,4,10-11H2,1,3H3. The third-order valence-electron chi connectivity index (χ3n) is 2.79. The van der Waals surface area contributed by atoms with Crippen molar-refractivity contribution in [2.75, 3.05) is 13.1 Å². The highest BCUT2D eigenvalue weighted by Crippen LogP contribution is 2.17. The molecule has 0 aliphatic carbocycles. The molecule has 0 unspecified atom stereocenters. The first kappa shape index (κ1) is 13.5. The van der Waals surface area contributed by atoms with Crippen LogP contribution in [0, 0.1) is 0 Å². The Kier molecular flexibility index (Phi) is 4.47. The molecule has 0 spiro atoms. The Labute approximate surface area is 113 Å². The molecule has 1 heterocycles. The van der Waals surface area contributed by atoms with Crippen molar-refractivity contribution >= 4 is 0 Å². The van der Waals surface area contributed by atoms with E-state index in [0.717, 1.165) is 24.2 Å². The Morgan fingerprint density at radius 3 is 2.63 bits per heavy atom. The van der Waals surface area contributed by atoms with Crippen LogP contribution in [0.2, 0.25) is 0 Å². The number of likely N-dealkylation sites (N-methyl/N-ethyl adjacent to an activating group) is 1. The summed E-state index contributed by atoms with van der Waals surface area (Å²) in [6, 6.07) is 9.80. The third kappa shape index (κ3) is 3.76. The summed E-state index contributed by atoms with van der Waals surface area (Å²) >= 11 is 0. The van der Waals surface area contributed by atoms with Gasteiger partial charge in [0.15, 0.2) is 0 Å². The van der Waals surface area contributed by atoms with Crippen LogP contribution in [-0.4, -0.2) is 28.2 Å². The molecule has 2 rings (SSSR count). The van der Waals surface area contributed by atoms with Gasteiger partial charge in [0, 0.05) is 12.1 Å². The summed E-state index contributed by atoms with van der Waals surface area (Å²) < 4.78 is 5.69. The van der Waals surface area contributed by atoms with Gasteiger partial charge in [-0.1, -0.05) is 37.3 Å². The summed E-state index contributed by atoms with van der Waals surface area (Å²) in [7, 11) is 0. The number of rotatable bonds is 6. The molecule has 0 amide bonds. The zero-order valence-electron chi connectivity index (χ0n) is 11.5. The van der Waals surface area contributed by atoms with Crippen molar-refractivity contribution in [1.82, 2.24) is 15.1 Å². The van der Waals surface area contributed by atoms with E-state index in [1.165, 1.54) is 0 Å². The Morgan fingerprint density at radius 2 is 2.00 bits per heavy atom. The smallest absolute Gasteiger partial charge is 0.247 e. The lowest BCUT2D eigenvalue weighted by Gasteiger charge is -2.17. The van der Waals surface area contributed by atoms with Crippen molar-refractivity contribution in [2.45, 2.75) is 20.4 Å². The molecule has 4 heteroatoms. The van der Waals surface area contributed by atoms with E-state index in [-0.39, 0.29) is 0 Å². The van der Waals surface area contributed by atoms with Crippen LogP contribution in [0.4, 0.5) is 0 Å². The number of nitrogens with zero attached hydrogens (tertiary/aromatic N) is 3. The summed E-state index contributed by atoms with van der Waals surface area (Å²) in [5.74, 6) is 1.21. The molecule has 1 aromatic carbocycles. The average molecular weight is 257 g/mol.